The monoisotopic (exact) mass is 208 g/mol. The van der Waals surface area contributed by atoms with Gasteiger partial charge in [-0.2, -0.15) is 0 Å². The Hall–Kier alpha value is -0.520. The molecule has 86 valence electrons. The second kappa shape index (κ2) is 6.87. The highest BCUT2D eigenvalue weighted by Gasteiger charge is 2.18. The van der Waals surface area contributed by atoms with E-state index in [1.165, 1.54) is 25.9 Å². The van der Waals surface area contributed by atoms with Crippen LogP contribution in [0.2, 0.25) is 0 Å². The van der Waals surface area contributed by atoms with Gasteiger partial charge in [-0.1, -0.05) is 0 Å². The molecule has 2 heteroatoms. The molecule has 0 saturated carbocycles. The van der Waals surface area contributed by atoms with Crippen molar-refractivity contribution in [3.8, 4) is 11.8 Å². The van der Waals surface area contributed by atoms with Crippen LogP contribution in [0.4, 0.5) is 0 Å². The molecule has 0 radical (unpaired) electrons. The molecule has 1 heterocycles. The lowest BCUT2D eigenvalue weighted by Crippen LogP contribution is -2.41. The average Bonchev–Trinajstić information content (AvgIpc) is 2.69. The van der Waals surface area contributed by atoms with Crippen molar-refractivity contribution in [2.24, 2.45) is 0 Å². The molecule has 1 unspecified atom stereocenters. The van der Waals surface area contributed by atoms with E-state index >= 15 is 0 Å². The van der Waals surface area contributed by atoms with Gasteiger partial charge in [0, 0.05) is 31.6 Å². The highest BCUT2D eigenvalue weighted by Crippen LogP contribution is 2.09. The molecule has 0 spiro atoms. The number of hydrogen-bond acceptors (Lipinski definition) is 2. The number of hydrogen-bond donors (Lipinski definition) is 1. The third kappa shape index (κ3) is 4.68. The Kier molecular flexibility index (Phi) is 5.75. The maximum absolute atomic E-state index is 3.55. The number of nitrogens with zero attached hydrogens (tertiary/aromatic N) is 1. The summed E-state index contributed by atoms with van der Waals surface area (Å²) in [6.07, 6.45) is 3.68. The molecular weight excluding hydrogens is 184 g/mol. The Morgan fingerprint density at radius 2 is 2.27 bits per heavy atom. The second-order valence-corrected chi connectivity index (χ2v) is 4.56. The second-order valence-electron chi connectivity index (χ2n) is 4.56. The van der Waals surface area contributed by atoms with Crippen molar-refractivity contribution >= 4 is 0 Å². The predicted molar refractivity (Wildman–Crippen MR) is 65.8 cm³/mol. The molecule has 1 atom stereocenters. The van der Waals surface area contributed by atoms with Crippen molar-refractivity contribution < 1.29 is 0 Å². The Labute approximate surface area is 94.4 Å². The van der Waals surface area contributed by atoms with Gasteiger partial charge in [0.25, 0.3) is 0 Å². The van der Waals surface area contributed by atoms with Gasteiger partial charge in [-0.25, -0.2) is 0 Å². The molecule has 0 aromatic heterocycles. The number of nitrogens with one attached hydrogen (secondary N) is 1. The van der Waals surface area contributed by atoms with Crippen LogP contribution in [0.25, 0.3) is 0 Å². The van der Waals surface area contributed by atoms with E-state index in [0.717, 1.165) is 13.0 Å². The van der Waals surface area contributed by atoms with Gasteiger partial charge in [0.15, 0.2) is 0 Å². The van der Waals surface area contributed by atoms with Crippen molar-refractivity contribution in [1.29, 1.82) is 0 Å². The van der Waals surface area contributed by atoms with Crippen LogP contribution >= 0.6 is 0 Å². The molecule has 0 aromatic carbocycles. The van der Waals surface area contributed by atoms with Crippen molar-refractivity contribution in [3.63, 3.8) is 0 Å². The standard InChI is InChI=1S/C13H24N2/c1-4-5-6-10-15(12(2)3)11-13-8-7-9-14-13/h12-14H,6-11H2,1-3H3. The van der Waals surface area contributed by atoms with Crippen molar-refractivity contribution in [3.05, 3.63) is 0 Å². The smallest absolute Gasteiger partial charge is 0.0217 e. The molecule has 0 bridgehead atoms. The zero-order valence-corrected chi connectivity index (χ0v) is 10.3. The summed E-state index contributed by atoms with van der Waals surface area (Å²) in [6, 6.07) is 1.34. The van der Waals surface area contributed by atoms with Crippen LogP contribution in [0, 0.1) is 11.8 Å². The molecule has 1 N–H and O–H groups in total. The molecule has 1 aliphatic rings. The third-order valence-corrected chi connectivity index (χ3v) is 3.05. The maximum Gasteiger partial charge on any atom is 0.0217 e. The van der Waals surface area contributed by atoms with Gasteiger partial charge in [-0.05, 0) is 40.2 Å². The lowest BCUT2D eigenvalue weighted by atomic mass is 10.2. The van der Waals surface area contributed by atoms with E-state index in [9.17, 15) is 0 Å². The van der Waals surface area contributed by atoms with Crippen LogP contribution in [-0.2, 0) is 0 Å². The summed E-state index contributed by atoms with van der Waals surface area (Å²) in [5.41, 5.74) is 0. The van der Waals surface area contributed by atoms with Crippen LogP contribution in [-0.4, -0.2) is 36.6 Å². The third-order valence-electron chi connectivity index (χ3n) is 3.05. The van der Waals surface area contributed by atoms with Gasteiger partial charge in [0.1, 0.15) is 0 Å². The molecule has 0 aliphatic carbocycles. The fraction of sp³-hybridized carbons (Fsp3) is 0.846. The summed E-state index contributed by atoms with van der Waals surface area (Å²) in [5.74, 6) is 6.11. The molecule has 0 amide bonds. The fourth-order valence-electron chi connectivity index (χ4n) is 2.08. The van der Waals surface area contributed by atoms with Crippen LogP contribution in [0.5, 0.6) is 0 Å². The first-order valence-electron chi connectivity index (χ1n) is 6.11. The normalized spacial score (nSPS) is 20.7. The van der Waals surface area contributed by atoms with Crippen molar-refractivity contribution in [2.75, 3.05) is 19.6 Å². The van der Waals surface area contributed by atoms with Gasteiger partial charge >= 0.3 is 0 Å². The zero-order valence-electron chi connectivity index (χ0n) is 10.3. The molecule has 1 saturated heterocycles. The van der Waals surface area contributed by atoms with Crippen LogP contribution < -0.4 is 5.32 Å². The van der Waals surface area contributed by atoms with Gasteiger partial charge in [0.05, 0.1) is 0 Å². The van der Waals surface area contributed by atoms with E-state index in [-0.39, 0.29) is 0 Å². The minimum absolute atomic E-state index is 0.631. The minimum Gasteiger partial charge on any atom is -0.313 e. The minimum atomic E-state index is 0.631. The Morgan fingerprint density at radius 3 is 2.80 bits per heavy atom. The van der Waals surface area contributed by atoms with E-state index in [2.05, 4.69) is 35.9 Å². The Bertz CT molecular complexity index is 218. The summed E-state index contributed by atoms with van der Waals surface area (Å²) in [4.78, 5) is 2.54. The largest absolute Gasteiger partial charge is 0.313 e. The Balaban J connectivity index is 2.30. The maximum atomic E-state index is 3.55. The van der Waals surface area contributed by atoms with Crippen LogP contribution in [0.1, 0.15) is 40.0 Å². The Morgan fingerprint density at radius 1 is 1.47 bits per heavy atom. The van der Waals surface area contributed by atoms with Gasteiger partial charge in [0.2, 0.25) is 0 Å². The van der Waals surface area contributed by atoms with E-state index < -0.39 is 0 Å². The lowest BCUT2D eigenvalue weighted by Gasteiger charge is -2.28. The number of rotatable bonds is 5. The van der Waals surface area contributed by atoms with Crippen molar-refractivity contribution in [2.45, 2.75) is 52.1 Å². The molecule has 1 fully saturated rings. The molecule has 0 aromatic rings. The SMILES string of the molecule is CC#CCCN(CC1CCCN1)C(C)C. The highest BCUT2D eigenvalue weighted by atomic mass is 15.2. The first kappa shape index (κ1) is 12.5. The first-order valence-corrected chi connectivity index (χ1v) is 6.11. The van der Waals surface area contributed by atoms with Gasteiger partial charge < -0.3 is 5.32 Å². The summed E-state index contributed by atoms with van der Waals surface area (Å²) in [5, 5.41) is 3.55. The van der Waals surface area contributed by atoms with E-state index in [0.29, 0.717) is 12.1 Å². The molecular formula is C13H24N2. The van der Waals surface area contributed by atoms with Crippen LogP contribution in [0.3, 0.4) is 0 Å². The quantitative estimate of drug-likeness (QED) is 0.694. The fourth-order valence-corrected chi connectivity index (χ4v) is 2.08. The summed E-state index contributed by atoms with van der Waals surface area (Å²) in [6.45, 7) is 9.95. The van der Waals surface area contributed by atoms with Crippen LogP contribution in [0.15, 0.2) is 0 Å². The molecule has 2 nitrogen and oxygen atoms in total. The van der Waals surface area contributed by atoms with Gasteiger partial charge in [-0.15, -0.1) is 11.8 Å². The van der Waals surface area contributed by atoms with Crippen molar-refractivity contribution in [1.82, 2.24) is 10.2 Å². The van der Waals surface area contributed by atoms with Gasteiger partial charge in [-0.3, -0.25) is 4.90 Å². The lowest BCUT2D eigenvalue weighted by molar-refractivity contribution is 0.207. The summed E-state index contributed by atoms with van der Waals surface area (Å²) < 4.78 is 0. The van der Waals surface area contributed by atoms with E-state index in [1.54, 1.807) is 0 Å². The topological polar surface area (TPSA) is 15.3 Å². The van der Waals surface area contributed by atoms with E-state index in [1.807, 2.05) is 6.92 Å². The molecule has 1 aliphatic heterocycles. The zero-order chi connectivity index (χ0) is 11.1. The molecule has 15 heavy (non-hydrogen) atoms. The summed E-state index contributed by atoms with van der Waals surface area (Å²) >= 11 is 0. The molecule has 1 rings (SSSR count). The predicted octanol–water partition coefficient (Wildman–Crippen LogP) is 1.86. The highest BCUT2D eigenvalue weighted by molar-refractivity contribution is 4.95. The summed E-state index contributed by atoms with van der Waals surface area (Å²) in [7, 11) is 0. The average molecular weight is 208 g/mol. The first-order chi connectivity index (χ1) is 7.24. The van der Waals surface area contributed by atoms with E-state index in [4.69, 9.17) is 0 Å².